The maximum atomic E-state index is 12.6. The Balaban J connectivity index is 2.06. The van der Waals surface area contributed by atoms with Gasteiger partial charge in [-0.2, -0.15) is 0 Å². The Bertz CT molecular complexity index is 346. The standard InChI is InChI=1S/C14H24N2O3/c1-19-14(18)12-8-5-9-16(12)13(17)10-6-3-2-4-7-11(10)15/h10-12H,2-9,15H2,1H3. The van der Waals surface area contributed by atoms with E-state index < -0.39 is 6.04 Å². The molecule has 3 unspecified atom stereocenters. The Morgan fingerprint density at radius 3 is 2.58 bits per heavy atom. The second-order valence-electron chi connectivity index (χ2n) is 5.62. The normalized spacial score (nSPS) is 31.9. The number of nitrogens with two attached hydrogens (primary N) is 1. The lowest BCUT2D eigenvalue weighted by Crippen LogP contribution is -2.48. The van der Waals surface area contributed by atoms with Crippen LogP contribution in [0.4, 0.5) is 0 Å². The summed E-state index contributed by atoms with van der Waals surface area (Å²) in [6, 6.07) is -0.457. The van der Waals surface area contributed by atoms with Gasteiger partial charge in [0.05, 0.1) is 13.0 Å². The Morgan fingerprint density at radius 1 is 1.11 bits per heavy atom. The van der Waals surface area contributed by atoms with Crippen LogP contribution >= 0.6 is 0 Å². The van der Waals surface area contributed by atoms with E-state index in [-0.39, 0.29) is 23.8 Å². The number of hydrogen-bond acceptors (Lipinski definition) is 4. The lowest BCUT2D eigenvalue weighted by molar-refractivity contribution is -0.152. The first kappa shape index (κ1) is 14.3. The van der Waals surface area contributed by atoms with Gasteiger partial charge in [-0.3, -0.25) is 4.79 Å². The van der Waals surface area contributed by atoms with E-state index in [2.05, 4.69) is 0 Å². The van der Waals surface area contributed by atoms with Gasteiger partial charge in [-0.25, -0.2) is 4.79 Å². The fraction of sp³-hybridized carbons (Fsp3) is 0.857. The molecule has 1 aliphatic heterocycles. The molecule has 0 aromatic heterocycles. The van der Waals surface area contributed by atoms with Crippen molar-refractivity contribution in [2.45, 2.75) is 57.0 Å². The van der Waals surface area contributed by atoms with Gasteiger partial charge < -0.3 is 15.4 Å². The first-order valence-corrected chi connectivity index (χ1v) is 7.29. The zero-order chi connectivity index (χ0) is 13.8. The molecule has 2 rings (SSSR count). The Hall–Kier alpha value is -1.10. The molecule has 2 fully saturated rings. The Labute approximate surface area is 114 Å². The van der Waals surface area contributed by atoms with Crippen molar-refractivity contribution in [3.63, 3.8) is 0 Å². The first-order chi connectivity index (χ1) is 9.15. The molecule has 0 radical (unpaired) electrons. The van der Waals surface area contributed by atoms with Crippen LogP contribution < -0.4 is 5.73 Å². The zero-order valence-corrected chi connectivity index (χ0v) is 11.6. The van der Waals surface area contributed by atoms with Crippen LogP contribution in [0.5, 0.6) is 0 Å². The third-order valence-electron chi connectivity index (χ3n) is 4.40. The van der Waals surface area contributed by atoms with E-state index in [0.29, 0.717) is 13.0 Å². The number of hydrogen-bond donors (Lipinski definition) is 1. The summed E-state index contributed by atoms with van der Waals surface area (Å²) in [5, 5.41) is 0. The fourth-order valence-corrected chi connectivity index (χ4v) is 3.27. The molecule has 0 aromatic rings. The predicted octanol–water partition coefficient (Wildman–Crippen LogP) is 1.06. The van der Waals surface area contributed by atoms with Crippen molar-refractivity contribution >= 4 is 11.9 Å². The molecule has 2 aliphatic rings. The van der Waals surface area contributed by atoms with Gasteiger partial charge in [0.15, 0.2) is 0 Å². The predicted molar refractivity (Wildman–Crippen MR) is 71.3 cm³/mol. The van der Waals surface area contributed by atoms with Crippen LogP contribution in [0.3, 0.4) is 0 Å². The summed E-state index contributed by atoms with van der Waals surface area (Å²) in [4.78, 5) is 26.0. The van der Waals surface area contributed by atoms with E-state index in [4.69, 9.17) is 10.5 Å². The van der Waals surface area contributed by atoms with Gasteiger partial charge in [-0.05, 0) is 25.7 Å². The summed E-state index contributed by atoms with van der Waals surface area (Å²) < 4.78 is 4.79. The quantitative estimate of drug-likeness (QED) is 0.600. The Morgan fingerprint density at radius 2 is 1.84 bits per heavy atom. The van der Waals surface area contributed by atoms with Crippen molar-refractivity contribution in [1.29, 1.82) is 0 Å². The fourth-order valence-electron chi connectivity index (χ4n) is 3.27. The van der Waals surface area contributed by atoms with E-state index in [1.165, 1.54) is 7.11 Å². The molecule has 1 amide bonds. The smallest absolute Gasteiger partial charge is 0.328 e. The number of ether oxygens (including phenoxy) is 1. The summed E-state index contributed by atoms with van der Waals surface area (Å²) in [5.41, 5.74) is 6.14. The van der Waals surface area contributed by atoms with Gasteiger partial charge >= 0.3 is 5.97 Å². The summed E-state index contributed by atoms with van der Waals surface area (Å²) in [5.74, 6) is -0.358. The molecule has 1 heterocycles. The maximum absolute atomic E-state index is 12.6. The van der Waals surface area contributed by atoms with Crippen molar-refractivity contribution in [2.75, 3.05) is 13.7 Å². The van der Waals surface area contributed by atoms with E-state index in [1.54, 1.807) is 4.90 Å². The second-order valence-corrected chi connectivity index (χ2v) is 5.62. The minimum absolute atomic E-state index is 0.0577. The molecule has 0 aromatic carbocycles. The summed E-state index contributed by atoms with van der Waals surface area (Å²) in [6.45, 7) is 0.655. The SMILES string of the molecule is COC(=O)C1CCCN1C(=O)C1CCCCCC1N. The van der Waals surface area contributed by atoms with Crippen molar-refractivity contribution in [3.8, 4) is 0 Å². The third kappa shape index (κ3) is 3.08. The lowest BCUT2D eigenvalue weighted by atomic mass is 9.93. The summed E-state index contributed by atoms with van der Waals surface area (Å²) >= 11 is 0. The number of amides is 1. The van der Waals surface area contributed by atoms with Gasteiger partial charge in [-0.1, -0.05) is 19.3 Å². The van der Waals surface area contributed by atoms with Crippen LogP contribution in [0.1, 0.15) is 44.9 Å². The van der Waals surface area contributed by atoms with E-state index in [9.17, 15) is 9.59 Å². The van der Waals surface area contributed by atoms with Crippen LogP contribution in [0.15, 0.2) is 0 Å². The molecule has 1 aliphatic carbocycles. The van der Waals surface area contributed by atoms with Crippen LogP contribution in [0.2, 0.25) is 0 Å². The van der Waals surface area contributed by atoms with Crippen molar-refractivity contribution in [1.82, 2.24) is 4.90 Å². The number of carbonyl (C=O) groups is 2. The monoisotopic (exact) mass is 268 g/mol. The highest BCUT2D eigenvalue weighted by atomic mass is 16.5. The molecular weight excluding hydrogens is 244 g/mol. The molecule has 3 atom stereocenters. The molecule has 1 saturated heterocycles. The highest BCUT2D eigenvalue weighted by Crippen LogP contribution is 2.28. The minimum atomic E-state index is -0.395. The third-order valence-corrected chi connectivity index (χ3v) is 4.40. The van der Waals surface area contributed by atoms with E-state index >= 15 is 0 Å². The maximum Gasteiger partial charge on any atom is 0.328 e. The molecule has 0 spiro atoms. The number of esters is 1. The van der Waals surface area contributed by atoms with Crippen molar-refractivity contribution in [2.24, 2.45) is 11.7 Å². The second kappa shape index (κ2) is 6.37. The van der Waals surface area contributed by atoms with Gasteiger partial charge in [0.2, 0.25) is 5.91 Å². The van der Waals surface area contributed by atoms with Crippen LogP contribution in [0.25, 0.3) is 0 Å². The van der Waals surface area contributed by atoms with Gasteiger partial charge in [0, 0.05) is 12.6 Å². The number of likely N-dealkylation sites (tertiary alicyclic amines) is 1. The number of carbonyl (C=O) groups excluding carboxylic acids is 2. The summed E-state index contributed by atoms with van der Waals surface area (Å²) in [6.07, 6.45) is 6.65. The van der Waals surface area contributed by atoms with Crippen molar-refractivity contribution in [3.05, 3.63) is 0 Å². The molecule has 0 bridgehead atoms. The van der Waals surface area contributed by atoms with Crippen LogP contribution in [-0.2, 0) is 14.3 Å². The van der Waals surface area contributed by atoms with Crippen LogP contribution in [0, 0.1) is 5.92 Å². The molecule has 2 N–H and O–H groups in total. The molecule has 5 heteroatoms. The molecule has 1 saturated carbocycles. The van der Waals surface area contributed by atoms with E-state index in [1.807, 2.05) is 0 Å². The average Bonchev–Trinajstić information content (AvgIpc) is 2.80. The van der Waals surface area contributed by atoms with Crippen LogP contribution in [-0.4, -0.2) is 42.5 Å². The minimum Gasteiger partial charge on any atom is -0.467 e. The average molecular weight is 268 g/mol. The number of nitrogens with zero attached hydrogens (tertiary/aromatic N) is 1. The largest absolute Gasteiger partial charge is 0.467 e. The van der Waals surface area contributed by atoms with Gasteiger partial charge in [0.1, 0.15) is 6.04 Å². The Kier molecular flexibility index (Phi) is 4.80. The highest BCUT2D eigenvalue weighted by molar-refractivity contribution is 5.86. The molecule has 5 nitrogen and oxygen atoms in total. The summed E-state index contributed by atoms with van der Waals surface area (Å²) in [7, 11) is 1.38. The van der Waals surface area contributed by atoms with E-state index in [0.717, 1.165) is 38.5 Å². The topological polar surface area (TPSA) is 72.6 Å². The first-order valence-electron chi connectivity index (χ1n) is 7.29. The highest BCUT2D eigenvalue weighted by Gasteiger charge is 2.39. The van der Waals surface area contributed by atoms with Crippen molar-refractivity contribution < 1.29 is 14.3 Å². The number of rotatable bonds is 2. The zero-order valence-electron chi connectivity index (χ0n) is 11.6. The molecule has 19 heavy (non-hydrogen) atoms. The number of methoxy groups -OCH3 is 1. The van der Waals surface area contributed by atoms with Gasteiger partial charge in [-0.15, -0.1) is 0 Å². The lowest BCUT2D eigenvalue weighted by Gasteiger charge is -2.29. The molecular formula is C14H24N2O3. The van der Waals surface area contributed by atoms with Gasteiger partial charge in [0.25, 0.3) is 0 Å². The molecule has 108 valence electrons.